The zero-order chi connectivity index (χ0) is 28.6. The number of aromatic hydroxyl groups is 1. The predicted octanol–water partition coefficient (Wildman–Crippen LogP) is 3.96. The Labute approximate surface area is 233 Å². The second kappa shape index (κ2) is 13.3. The topological polar surface area (TPSA) is 136 Å². The molecule has 1 amide bonds. The lowest BCUT2D eigenvalue weighted by atomic mass is 10.0. The number of H-pyrrole nitrogens is 1. The fraction of sp³-hybridized carbons (Fsp3) is 0.323. The van der Waals surface area contributed by atoms with E-state index in [-0.39, 0.29) is 30.9 Å². The maximum Gasteiger partial charge on any atom is 0.268 e. The van der Waals surface area contributed by atoms with Crippen LogP contribution in [-0.4, -0.2) is 53.0 Å². The summed E-state index contributed by atoms with van der Waals surface area (Å²) < 4.78 is 10.8. The highest BCUT2D eigenvalue weighted by atomic mass is 16.5. The number of phenols is 1. The van der Waals surface area contributed by atoms with Crippen LogP contribution in [0.15, 0.2) is 60.7 Å². The molecule has 0 bridgehead atoms. The van der Waals surface area contributed by atoms with Crippen molar-refractivity contribution in [1.82, 2.24) is 15.6 Å². The highest BCUT2D eigenvalue weighted by Gasteiger charge is 2.16. The van der Waals surface area contributed by atoms with Crippen LogP contribution in [0.25, 0.3) is 10.9 Å². The van der Waals surface area contributed by atoms with E-state index in [1.807, 2.05) is 36.4 Å². The van der Waals surface area contributed by atoms with Crippen molar-refractivity contribution in [3.8, 4) is 17.2 Å². The van der Waals surface area contributed by atoms with Gasteiger partial charge in [0.2, 0.25) is 0 Å². The van der Waals surface area contributed by atoms with Crippen LogP contribution >= 0.6 is 0 Å². The van der Waals surface area contributed by atoms with Crippen LogP contribution in [0.5, 0.6) is 17.2 Å². The molecule has 1 heterocycles. The zero-order valence-electron chi connectivity index (χ0n) is 23.0. The Morgan fingerprint density at radius 3 is 2.45 bits per heavy atom. The van der Waals surface area contributed by atoms with Crippen molar-refractivity contribution in [2.75, 3.05) is 20.8 Å². The average molecular weight is 548 g/mol. The summed E-state index contributed by atoms with van der Waals surface area (Å²) in [5.41, 5.74) is 4.22. The average Bonchev–Trinajstić information content (AvgIpc) is 3.41. The highest BCUT2D eigenvalue weighted by molar-refractivity contribution is 5.98. The van der Waals surface area contributed by atoms with Crippen LogP contribution in [-0.2, 0) is 19.6 Å². The zero-order valence-corrected chi connectivity index (χ0v) is 23.0. The first kappa shape index (κ1) is 28.9. The van der Waals surface area contributed by atoms with Crippen molar-refractivity contribution in [2.45, 2.75) is 45.1 Å². The smallest absolute Gasteiger partial charge is 0.268 e. The third-order valence-corrected chi connectivity index (χ3v) is 7.12. The number of benzene rings is 3. The number of carbonyl (C=O) groups excluding carboxylic acids is 1. The van der Waals surface area contributed by atoms with E-state index in [1.54, 1.807) is 26.4 Å². The third-order valence-electron chi connectivity index (χ3n) is 7.12. The van der Waals surface area contributed by atoms with Crippen LogP contribution in [0.3, 0.4) is 0 Å². The van der Waals surface area contributed by atoms with Gasteiger partial charge in [-0.05, 0) is 66.4 Å². The van der Waals surface area contributed by atoms with Gasteiger partial charge in [0, 0.05) is 29.1 Å². The van der Waals surface area contributed by atoms with Crippen LogP contribution in [0.4, 0.5) is 0 Å². The fourth-order valence-corrected chi connectivity index (χ4v) is 4.78. The van der Waals surface area contributed by atoms with Crippen LogP contribution in [0.2, 0.25) is 0 Å². The summed E-state index contributed by atoms with van der Waals surface area (Å²) in [4.78, 5) is 16.1. The van der Waals surface area contributed by atoms with Gasteiger partial charge in [-0.3, -0.25) is 4.79 Å². The van der Waals surface area contributed by atoms with Gasteiger partial charge in [-0.2, -0.15) is 0 Å². The van der Waals surface area contributed by atoms with Gasteiger partial charge in [-0.25, -0.2) is 0 Å². The normalized spacial score (nSPS) is 12.7. The molecule has 0 spiro atoms. The van der Waals surface area contributed by atoms with Crippen molar-refractivity contribution >= 4 is 16.8 Å². The summed E-state index contributed by atoms with van der Waals surface area (Å²) in [7, 11) is 3.17. The standard InChI is InChI=1S/C31H37N3O6/c1-4-23(32-17-28(37)20-9-11-27(36)22(14-20)18-35)13-19-8-10-25-21(12-19)15-26(34-25)31(38)33-16-24-29(39-2)6-5-7-30(24)40-3/h5-12,14-15,23,28,32,34-37H,4,13,16-18H2,1-3H3,(H,33,38)/t23?,28-/m0/s1. The number of aliphatic hydroxyl groups is 2. The molecule has 0 saturated heterocycles. The second-order valence-electron chi connectivity index (χ2n) is 9.71. The lowest BCUT2D eigenvalue weighted by Gasteiger charge is -2.20. The number of rotatable bonds is 13. The van der Waals surface area contributed by atoms with E-state index in [2.05, 4.69) is 28.6 Å². The van der Waals surface area contributed by atoms with Gasteiger partial charge >= 0.3 is 0 Å². The molecule has 3 aromatic carbocycles. The molecule has 0 aliphatic carbocycles. The molecule has 4 rings (SSSR count). The highest BCUT2D eigenvalue weighted by Crippen LogP contribution is 2.28. The number of fused-ring (bicyclic) bond motifs is 1. The molecule has 2 atom stereocenters. The molecule has 6 N–H and O–H groups in total. The lowest BCUT2D eigenvalue weighted by molar-refractivity contribution is 0.0946. The van der Waals surface area contributed by atoms with E-state index < -0.39 is 6.10 Å². The summed E-state index contributed by atoms with van der Waals surface area (Å²) in [6, 6.07) is 18.3. The van der Waals surface area contributed by atoms with E-state index in [0.717, 1.165) is 34.9 Å². The minimum Gasteiger partial charge on any atom is -0.508 e. The maximum absolute atomic E-state index is 12.9. The molecule has 0 aliphatic heterocycles. The Hall–Kier alpha value is -4.05. The van der Waals surface area contributed by atoms with Crippen molar-refractivity contribution in [2.24, 2.45) is 0 Å². The minimum absolute atomic E-state index is 0.00953. The van der Waals surface area contributed by atoms with E-state index in [9.17, 15) is 20.1 Å². The Morgan fingerprint density at radius 1 is 1.02 bits per heavy atom. The number of hydrogen-bond donors (Lipinski definition) is 6. The quantitative estimate of drug-likeness (QED) is 0.149. The molecule has 0 saturated carbocycles. The summed E-state index contributed by atoms with van der Waals surface area (Å²) in [6.45, 7) is 2.39. The Kier molecular flexibility index (Phi) is 9.65. The molecule has 1 aromatic heterocycles. The van der Waals surface area contributed by atoms with Crippen LogP contribution < -0.4 is 20.1 Å². The van der Waals surface area contributed by atoms with Gasteiger partial charge in [0.15, 0.2) is 0 Å². The second-order valence-corrected chi connectivity index (χ2v) is 9.71. The summed E-state index contributed by atoms with van der Waals surface area (Å²) >= 11 is 0. The first-order chi connectivity index (χ1) is 19.4. The fourth-order valence-electron chi connectivity index (χ4n) is 4.78. The van der Waals surface area contributed by atoms with Crippen molar-refractivity contribution in [3.63, 3.8) is 0 Å². The predicted molar refractivity (Wildman–Crippen MR) is 154 cm³/mol. The van der Waals surface area contributed by atoms with E-state index >= 15 is 0 Å². The van der Waals surface area contributed by atoms with E-state index in [1.165, 1.54) is 6.07 Å². The molecular formula is C31H37N3O6. The molecule has 40 heavy (non-hydrogen) atoms. The largest absolute Gasteiger partial charge is 0.508 e. The van der Waals surface area contributed by atoms with Crippen molar-refractivity contribution in [3.05, 3.63) is 88.6 Å². The minimum atomic E-state index is -0.774. The number of hydrogen-bond acceptors (Lipinski definition) is 7. The molecule has 0 fully saturated rings. The van der Waals surface area contributed by atoms with Gasteiger partial charge in [0.05, 0.1) is 39.0 Å². The Morgan fingerprint density at radius 2 is 1.77 bits per heavy atom. The van der Waals surface area contributed by atoms with Gasteiger partial charge in [-0.1, -0.05) is 25.1 Å². The van der Waals surface area contributed by atoms with Crippen LogP contribution in [0, 0.1) is 0 Å². The molecule has 9 heteroatoms. The number of amides is 1. The number of methoxy groups -OCH3 is 2. The summed E-state index contributed by atoms with van der Waals surface area (Å²) in [5.74, 6) is 1.07. The molecule has 0 aliphatic rings. The molecule has 0 radical (unpaired) electrons. The Balaban J connectivity index is 1.38. The van der Waals surface area contributed by atoms with Gasteiger partial charge in [0.25, 0.3) is 5.91 Å². The monoisotopic (exact) mass is 547 g/mol. The number of aromatic nitrogens is 1. The van der Waals surface area contributed by atoms with Crippen LogP contribution in [0.1, 0.15) is 52.2 Å². The third kappa shape index (κ3) is 6.74. The van der Waals surface area contributed by atoms with E-state index in [4.69, 9.17) is 9.47 Å². The number of ether oxygens (including phenoxy) is 2. The van der Waals surface area contributed by atoms with Gasteiger partial charge < -0.3 is 40.4 Å². The lowest BCUT2D eigenvalue weighted by Crippen LogP contribution is -2.34. The number of nitrogens with one attached hydrogen (secondary N) is 3. The maximum atomic E-state index is 12.9. The van der Waals surface area contributed by atoms with Crippen molar-refractivity contribution < 1.29 is 29.6 Å². The molecule has 212 valence electrons. The summed E-state index contributed by atoms with van der Waals surface area (Å²) in [5, 5.41) is 37.1. The summed E-state index contributed by atoms with van der Waals surface area (Å²) in [6.07, 6.45) is 0.829. The SMILES string of the molecule is CCC(Cc1ccc2[nH]c(C(=O)NCc3c(OC)cccc3OC)cc2c1)NC[C@H](O)c1ccc(O)c(CO)c1. The van der Waals surface area contributed by atoms with Gasteiger partial charge in [-0.15, -0.1) is 0 Å². The van der Waals surface area contributed by atoms with Crippen molar-refractivity contribution in [1.29, 1.82) is 0 Å². The first-order valence-electron chi connectivity index (χ1n) is 13.3. The number of aromatic amines is 1. The first-order valence-corrected chi connectivity index (χ1v) is 13.3. The van der Waals surface area contributed by atoms with Gasteiger partial charge in [0.1, 0.15) is 22.9 Å². The molecule has 9 nitrogen and oxygen atoms in total. The molecule has 4 aromatic rings. The Bertz CT molecular complexity index is 1430. The number of aliphatic hydroxyl groups excluding tert-OH is 2. The van der Waals surface area contributed by atoms with E-state index in [0.29, 0.717) is 34.9 Å². The molecular weight excluding hydrogens is 510 g/mol. The number of carbonyl (C=O) groups is 1. The molecule has 1 unspecified atom stereocenters.